The van der Waals surface area contributed by atoms with E-state index in [1.165, 1.54) is 0 Å². The SMILES string of the molecule is CN(C)c1ccc(C2/C(=C(/O)c3c[nH]c4ccccc34)C(=O)C(=O)N2CCc2ccc(Cl)cc2)cc1. The third kappa shape index (κ3) is 4.25. The first-order valence-corrected chi connectivity index (χ1v) is 12.1. The number of nitrogens with zero attached hydrogens (tertiary/aromatic N) is 2. The molecule has 0 radical (unpaired) electrons. The van der Waals surface area contributed by atoms with Crippen LogP contribution in [0.1, 0.15) is 22.7 Å². The summed E-state index contributed by atoms with van der Waals surface area (Å²) in [5, 5.41) is 12.9. The second kappa shape index (κ2) is 9.55. The van der Waals surface area contributed by atoms with E-state index < -0.39 is 17.7 Å². The normalized spacial score (nSPS) is 17.2. The quantitative estimate of drug-likeness (QED) is 0.207. The number of H-pyrrole nitrogens is 1. The Balaban J connectivity index is 1.60. The average molecular weight is 500 g/mol. The van der Waals surface area contributed by atoms with Crippen LogP contribution in [0.4, 0.5) is 5.69 Å². The van der Waals surface area contributed by atoms with E-state index in [0.29, 0.717) is 23.6 Å². The highest BCUT2D eigenvalue weighted by Crippen LogP contribution is 2.41. The van der Waals surface area contributed by atoms with E-state index in [9.17, 15) is 14.7 Å². The van der Waals surface area contributed by atoms with Gasteiger partial charge in [0.25, 0.3) is 11.7 Å². The third-order valence-electron chi connectivity index (χ3n) is 6.66. The monoisotopic (exact) mass is 499 g/mol. The zero-order chi connectivity index (χ0) is 25.4. The summed E-state index contributed by atoms with van der Waals surface area (Å²) in [6.45, 7) is 0.316. The van der Waals surface area contributed by atoms with Gasteiger partial charge < -0.3 is 19.9 Å². The fraction of sp³-hybridized carbons (Fsp3) is 0.172. The van der Waals surface area contributed by atoms with Crippen molar-refractivity contribution in [2.45, 2.75) is 12.5 Å². The van der Waals surface area contributed by atoms with Crippen LogP contribution >= 0.6 is 11.6 Å². The van der Waals surface area contributed by atoms with Gasteiger partial charge in [0.15, 0.2) is 0 Å². The van der Waals surface area contributed by atoms with Gasteiger partial charge in [0.1, 0.15) is 5.76 Å². The lowest BCUT2D eigenvalue weighted by Crippen LogP contribution is -2.31. The van der Waals surface area contributed by atoms with Crippen molar-refractivity contribution < 1.29 is 14.7 Å². The molecule has 1 aromatic heterocycles. The topological polar surface area (TPSA) is 76.6 Å². The first-order valence-electron chi connectivity index (χ1n) is 11.7. The van der Waals surface area contributed by atoms with Crippen molar-refractivity contribution >= 4 is 45.6 Å². The van der Waals surface area contributed by atoms with Crippen LogP contribution in [0, 0.1) is 0 Å². The van der Waals surface area contributed by atoms with Gasteiger partial charge in [-0.3, -0.25) is 9.59 Å². The third-order valence-corrected chi connectivity index (χ3v) is 6.92. The number of carbonyl (C=O) groups is 2. The number of nitrogens with one attached hydrogen (secondary N) is 1. The number of carbonyl (C=O) groups excluding carboxylic acids is 2. The van der Waals surface area contributed by atoms with Crippen LogP contribution in [0.5, 0.6) is 0 Å². The smallest absolute Gasteiger partial charge is 0.295 e. The van der Waals surface area contributed by atoms with Crippen LogP contribution in [0.2, 0.25) is 5.02 Å². The highest BCUT2D eigenvalue weighted by Gasteiger charge is 2.46. The number of para-hydroxylation sites is 1. The largest absolute Gasteiger partial charge is 0.507 e. The van der Waals surface area contributed by atoms with Gasteiger partial charge in [-0.15, -0.1) is 0 Å². The number of halogens is 1. The molecule has 2 N–H and O–H groups in total. The molecule has 1 aliphatic rings. The summed E-state index contributed by atoms with van der Waals surface area (Å²) in [5.41, 5.74) is 4.18. The predicted molar refractivity (Wildman–Crippen MR) is 143 cm³/mol. The van der Waals surface area contributed by atoms with Crippen molar-refractivity contribution in [1.29, 1.82) is 0 Å². The van der Waals surface area contributed by atoms with Crippen LogP contribution in [-0.4, -0.2) is 47.3 Å². The maximum atomic E-state index is 13.4. The number of Topliss-reactive ketones (excluding diaryl/α,β-unsaturated/α-hetero) is 1. The van der Waals surface area contributed by atoms with Crippen LogP contribution in [0.15, 0.2) is 84.6 Å². The Kier molecular flexibility index (Phi) is 6.29. The number of benzene rings is 3. The molecule has 1 aliphatic heterocycles. The molecule has 5 rings (SSSR count). The van der Waals surface area contributed by atoms with E-state index in [0.717, 1.165) is 27.7 Å². The molecule has 0 spiro atoms. The Hall–Kier alpha value is -4.03. The first kappa shape index (κ1) is 23.7. The summed E-state index contributed by atoms with van der Waals surface area (Å²) in [4.78, 5) is 33.3. The number of anilines is 1. The predicted octanol–water partition coefficient (Wildman–Crippen LogP) is 5.55. The van der Waals surface area contributed by atoms with Crippen molar-refractivity contribution in [1.82, 2.24) is 9.88 Å². The standard InChI is InChI=1S/C29H26ClN3O3/c1-32(2)21-13-9-19(10-14-21)26-25(27(34)23-17-31-24-6-4-3-5-22(23)24)28(35)29(36)33(26)16-15-18-7-11-20(30)12-8-18/h3-14,17,26,31,34H,15-16H2,1-2H3/b27-25-. The number of amides is 1. The van der Waals surface area contributed by atoms with Crippen molar-refractivity contribution in [3.05, 3.63) is 106 Å². The summed E-state index contributed by atoms with van der Waals surface area (Å²) in [5.74, 6) is -1.48. The Morgan fingerprint density at radius 2 is 1.69 bits per heavy atom. The number of aliphatic hydroxyl groups is 1. The number of rotatable bonds is 6. The number of aliphatic hydroxyl groups excluding tert-OH is 1. The highest BCUT2D eigenvalue weighted by atomic mass is 35.5. The van der Waals surface area contributed by atoms with Crippen molar-refractivity contribution in [3.63, 3.8) is 0 Å². The summed E-state index contributed by atoms with van der Waals surface area (Å²) in [7, 11) is 3.90. The van der Waals surface area contributed by atoms with Crippen LogP contribution in [0.3, 0.4) is 0 Å². The minimum absolute atomic E-state index is 0.0958. The van der Waals surface area contributed by atoms with Crippen LogP contribution in [-0.2, 0) is 16.0 Å². The molecule has 1 fully saturated rings. The number of likely N-dealkylation sites (tertiary alicyclic amines) is 1. The summed E-state index contributed by atoms with van der Waals surface area (Å²) >= 11 is 6.01. The van der Waals surface area contributed by atoms with Gasteiger partial charge >= 0.3 is 0 Å². The molecule has 4 aromatic rings. The van der Waals surface area contributed by atoms with Crippen LogP contribution < -0.4 is 4.90 Å². The van der Waals surface area contributed by atoms with E-state index in [-0.39, 0.29) is 11.3 Å². The van der Waals surface area contributed by atoms with E-state index in [4.69, 9.17) is 11.6 Å². The summed E-state index contributed by atoms with van der Waals surface area (Å²) in [6.07, 6.45) is 2.22. The van der Waals surface area contributed by atoms with Gasteiger partial charge in [0.05, 0.1) is 11.6 Å². The van der Waals surface area contributed by atoms with Gasteiger partial charge in [0, 0.05) is 54.0 Å². The molecule has 3 aromatic carbocycles. The molecule has 182 valence electrons. The van der Waals surface area contributed by atoms with Gasteiger partial charge in [-0.2, -0.15) is 0 Å². The van der Waals surface area contributed by atoms with E-state index in [2.05, 4.69) is 4.98 Å². The van der Waals surface area contributed by atoms with Crippen LogP contribution in [0.25, 0.3) is 16.7 Å². The molecule has 6 nitrogen and oxygen atoms in total. The minimum atomic E-state index is -0.706. The number of hydrogen-bond donors (Lipinski definition) is 2. The molecule has 1 amide bonds. The van der Waals surface area contributed by atoms with E-state index >= 15 is 0 Å². The highest BCUT2D eigenvalue weighted by molar-refractivity contribution is 6.46. The Labute approximate surface area is 214 Å². The maximum Gasteiger partial charge on any atom is 0.295 e. The Morgan fingerprint density at radius 1 is 1.00 bits per heavy atom. The first-order chi connectivity index (χ1) is 17.3. The number of aromatic nitrogens is 1. The Bertz CT molecular complexity index is 1470. The maximum absolute atomic E-state index is 13.4. The van der Waals surface area contributed by atoms with Gasteiger partial charge in [-0.1, -0.05) is 54.1 Å². The fourth-order valence-corrected chi connectivity index (χ4v) is 4.85. The summed E-state index contributed by atoms with van der Waals surface area (Å²) < 4.78 is 0. The zero-order valence-electron chi connectivity index (χ0n) is 20.0. The molecular formula is C29H26ClN3O3. The molecule has 1 unspecified atom stereocenters. The number of hydrogen-bond acceptors (Lipinski definition) is 4. The number of fused-ring (bicyclic) bond motifs is 1. The fourth-order valence-electron chi connectivity index (χ4n) is 4.73. The lowest BCUT2D eigenvalue weighted by atomic mass is 9.94. The van der Waals surface area contributed by atoms with Crippen molar-refractivity contribution in [3.8, 4) is 0 Å². The summed E-state index contributed by atoms with van der Waals surface area (Å²) in [6, 6.07) is 22.0. The molecule has 2 heterocycles. The minimum Gasteiger partial charge on any atom is -0.507 e. The number of ketones is 1. The molecule has 1 atom stereocenters. The average Bonchev–Trinajstić information content (AvgIpc) is 3.42. The van der Waals surface area contributed by atoms with Crippen molar-refractivity contribution in [2.75, 3.05) is 25.5 Å². The van der Waals surface area contributed by atoms with E-state index in [1.807, 2.05) is 79.7 Å². The lowest BCUT2D eigenvalue weighted by Gasteiger charge is -2.26. The molecule has 1 saturated heterocycles. The zero-order valence-corrected chi connectivity index (χ0v) is 20.8. The molecule has 36 heavy (non-hydrogen) atoms. The Morgan fingerprint density at radius 3 is 2.39 bits per heavy atom. The molecule has 0 bridgehead atoms. The second-order valence-electron chi connectivity index (χ2n) is 9.10. The van der Waals surface area contributed by atoms with Gasteiger partial charge in [0.2, 0.25) is 0 Å². The number of aromatic amines is 1. The molecule has 7 heteroatoms. The molecular weight excluding hydrogens is 474 g/mol. The molecule has 0 saturated carbocycles. The van der Waals surface area contributed by atoms with Crippen molar-refractivity contribution in [2.24, 2.45) is 0 Å². The van der Waals surface area contributed by atoms with Gasteiger partial charge in [-0.25, -0.2) is 0 Å². The lowest BCUT2D eigenvalue weighted by molar-refractivity contribution is -0.139. The van der Waals surface area contributed by atoms with E-state index in [1.54, 1.807) is 23.2 Å². The second-order valence-corrected chi connectivity index (χ2v) is 9.54. The molecule has 0 aliphatic carbocycles. The van der Waals surface area contributed by atoms with Gasteiger partial charge in [-0.05, 0) is 47.9 Å².